The molecule has 0 aliphatic rings. The monoisotopic (exact) mass is 569 g/mol. The van der Waals surface area contributed by atoms with Crippen molar-refractivity contribution < 1.29 is 18.0 Å². The average molecular weight is 570 g/mol. The molecule has 1 unspecified atom stereocenters. The van der Waals surface area contributed by atoms with Crippen molar-refractivity contribution in [1.82, 2.24) is 10.2 Å². The van der Waals surface area contributed by atoms with Gasteiger partial charge in [-0.05, 0) is 61.2 Å². The highest BCUT2D eigenvalue weighted by Gasteiger charge is 2.33. The maximum Gasteiger partial charge on any atom is 0.264 e. The van der Waals surface area contributed by atoms with Crippen LogP contribution in [0.1, 0.15) is 38.3 Å². The number of halogens is 1. The molecule has 208 valence electrons. The van der Waals surface area contributed by atoms with Gasteiger partial charge in [0.2, 0.25) is 11.8 Å². The summed E-state index contributed by atoms with van der Waals surface area (Å²) in [6.07, 6.45) is 0.372. The third-order valence-corrected chi connectivity index (χ3v) is 8.27. The van der Waals surface area contributed by atoms with Crippen molar-refractivity contribution in [2.75, 3.05) is 17.4 Å². The molecule has 3 aromatic carbocycles. The van der Waals surface area contributed by atoms with Gasteiger partial charge in [-0.15, -0.1) is 0 Å². The molecule has 39 heavy (non-hydrogen) atoms. The summed E-state index contributed by atoms with van der Waals surface area (Å²) in [5.41, 5.74) is 2.22. The molecule has 0 heterocycles. The summed E-state index contributed by atoms with van der Waals surface area (Å²) in [4.78, 5) is 28.7. The van der Waals surface area contributed by atoms with Crippen LogP contribution < -0.4 is 9.62 Å². The first-order chi connectivity index (χ1) is 18.5. The number of anilines is 1. The van der Waals surface area contributed by atoms with Crippen LogP contribution in [0.2, 0.25) is 5.02 Å². The van der Waals surface area contributed by atoms with Crippen LogP contribution in [0.5, 0.6) is 0 Å². The van der Waals surface area contributed by atoms with E-state index in [0.717, 1.165) is 15.4 Å². The SMILES string of the molecule is CCC(C(=O)NCC(C)C)N(Cc1cccc(C)c1)C(=O)CN(c1ccccc1)S(=O)(=O)c1ccc(Cl)cc1. The highest BCUT2D eigenvalue weighted by atomic mass is 35.5. The van der Waals surface area contributed by atoms with E-state index in [1.165, 1.54) is 29.2 Å². The maximum atomic E-state index is 14.0. The fourth-order valence-electron chi connectivity index (χ4n) is 4.21. The molecule has 0 aromatic heterocycles. The smallest absolute Gasteiger partial charge is 0.264 e. The van der Waals surface area contributed by atoms with E-state index in [0.29, 0.717) is 23.7 Å². The first-order valence-corrected chi connectivity index (χ1v) is 14.8. The largest absolute Gasteiger partial charge is 0.354 e. The quantitative estimate of drug-likeness (QED) is 0.315. The summed E-state index contributed by atoms with van der Waals surface area (Å²) in [5, 5.41) is 3.34. The van der Waals surface area contributed by atoms with Gasteiger partial charge in [-0.2, -0.15) is 0 Å². The number of benzene rings is 3. The summed E-state index contributed by atoms with van der Waals surface area (Å²) in [7, 11) is -4.13. The van der Waals surface area contributed by atoms with Gasteiger partial charge in [0.05, 0.1) is 10.6 Å². The lowest BCUT2D eigenvalue weighted by molar-refractivity contribution is -0.140. The molecular formula is C30H36ClN3O4S. The minimum atomic E-state index is -4.13. The zero-order valence-corrected chi connectivity index (χ0v) is 24.4. The zero-order valence-electron chi connectivity index (χ0n) is 22.8. The molecule has 3 rings (SSSR count). The molecule has 0 aliphatic heterocycles. The predicted molar refractivity (Wildman–Crippen MR) is 156 cm³/mol. The van der Waals surface area contributed by atoms with E-state index in [-0.39, 0.29) is 23.3 Å². The number of carbonyl (C=O) groups excluding carboxylic acids is 2. The van der Waals surface area contributed by atoms with E-state index >= 15 is 0 Å². The Balaban J connectivity index is 2.02. The number of hydrogen-bond donors (Lipinski definition) is 1. The van der Waals surface area contributed by atoms with E-state index in [9.17, 15) is 18.0 Å². The molecule has 2 amide bonds. The molecule has 0 aliphatic carbocycles. The van der Waals surface area contributed by atoms with Gasteiger partial charge in [-0.3, -0.25) is 13.9 Å². The molecule has 1 atom stereocenters. The van der Waals surface area contributed by atoms with Gasteiger partial charge in [-0.25, -0.2) is 8.42 Å². The topological polar surface area (TPSA) is 86.8 Å². The van der Waals surface area contributed by atoms with Gasteiger partial charge >= 0.3 is 0 Å². The van der Waals surface area contributed by atoms with Gasteiger partial charge in [0.1, 0.15) is 12.6 Å². The van der Waals surface area contributed by atoms with Crippen LogP contribution in [0.4, 0.5) is 5.69 Å². The van der Waals surface area contributed by atoms with Crippen LogP contribution in [0.3, 0.4) is 0 Å². The van der Waals surface area contributed by atoms with E-state index < -0.39 is 28.5 Å². The first kappa shape index (κ1) is 30.2. The van der Waals surface area contributed by atoms with Crippen LogP contribution in [0.15, 0.2) is 83.8 Å². The highest BCUT2D eigenvalue weighted by Crippen LogP contribution is 2.25. The number of amides is 2. The highest BCUT2D eigenvalue weighted by molar-refractivity contribution is 7.92. The molecule has 9 heteroatoms. The van der Waals surface area contributed by atoms with Crippen LogP contribution in [-0.2, 0) is 26.2 Å². The Kier molecular flexibility index (Phi) is 10.5. The number of para-hydroxylation sites is 1. The predicted octanol–water partition coefficient (Wildman–Crippen LogP) is 5.42. The minimum absolute atomic E-state index is 0.00973. The molecule has 0 fully saturated rings. The Morgan fingerprint density at radius 3 is 2.21 bits per heavy atom. The van der Waals surface area contributed by atoms with Gasteiger partial charge in [0.25, 0.3) is 10.0 Å². The Bertz CT molecular complexity index is 1360. The fraction of sp³-hybridized carbons (Fsp3) is 0.333. The second-order valence-electron chi connectivity index (χ2n) is 9.87. The Hall–Kier alpha value is -3.36. The second-order valence-corrected chi connectivity index (χ2v) is 12.2. The lowest BCUT2D eigenvalue weighted by Gasteiger charge is -2.33. The van der Waals surface area contributed by atoms with Crippen molar-refractivity contribution in [3.63, 3.8) is 0 Å². The maximum absolute atomic E-state index is 14.0. The number of nitrogens with zero attached hydrogens (tertiary/aromatic N) is 2. The number of carbonyl (C=O) groups is 2. The molecule has 0 saturated heterocycles. The van der Waals surface area contributed by atoms with E-state index in [4.69, 9.17) is 11.6 Å². The zero-order chi connectivity index (χ0) is 28.6. The van der Waals surface area contributed by atoms with Crippen molar-refractivity contribution >= 4 is 39.1 Å². The van der Waals surface area contributed by atoms with Crippen LogP contribution in [-0.4, -0.2) is 44.3 Å². The van der Waals surface area contributed by atoms with Crippen molar-refractivity contribution in [3.05, 3.63) is 95.0 Å². The van der Waals surface area contributed by atoms with Crippen LogP contribution in [0, 0.1) is 12.8 Å². The van der Waals surface area contributed by atoms with E-state index in [2.05, 4.69) is 5.32 Å². The van der Waals surface area contributed by atoms with Crippen molar-refractivity contribution in [2.24, 2.45) is 5.92 Å². The molecule has 0 saturated carbocycles. The molecule has 0 spiro atoms. The number of hydrogen-bond acceptors (Lipinski definition) is 4. The van der Waals surface area contributed by atoms with Crippen molar-refractivity contribution in [1.29, 1.82) is 0 Å². The molecule has 1 N–H and O–H groups in total. The van der Waals surface area contributed by atoms with Crippen LogP contribution >= 0.6 is 11.6 Å². The summed E-state index contributed by atoms with van der Waals surface area (Å²) in [6.45, 7) is 7.95. The van der Waals surface area contributed by atoms with Gasteiger partial charge in [0.15, 0.2) is 0 Å². The minimum Gasteiger partial charge on any atom is -0.354 e. The average Bonchev–Trinajstić information content (AvgIpc) is 2.91. The summed E-state index contributed by atoms with van der Waals surface area (Å²) < 4.78 is 28.7. The van der Waals surface area contributed by atoms with Crippen LogP contribution in [0.25, 0.3) is 0 Å². The van der Waals surface area contributed by atoms with Crippen molar-refractivity contribution in [2.45, 2.75) is 51.6 Å². The summed E-state index contributed by atoms with van der Waals surface area (Å²) >= 11 is 5.99. The van der Waals surface area contributed by atoms with Gasteiger partial charge < -0.3 is 10.2 Å². The van der Waals surface area contributed by atoms with E-state index in [1.807, 2.05) is 52.0 Å². The molecule has 0 bridgehead atoms. The molecule has 3 aromatic rings. The van der Waals surface area contributed by atoms with Gasteiger partial charge in [-0.1, -0.05) is 80.4 Å². The Morgan fingerprint density at radius 2 is 1.62 bits per heavy atom. The third-order valence-electron chi connectivity index (χ3n) is 6.23. The first-order valence-electron chi connectivity index (χ1n) is 13.0. The Morgan fingerprint density at radius 1 is 0.949 bits per heavy atom. The lowest BCUT2D eigenvalue weighted by Crippen LogP contribution is -2.52. The fourth-order valence-corrected chi connectivity index (χ4v) is 5.75. The normalized spacial score (nSPS) is 12.2. The molecule has 7 nitrogen and oxygen atoms in total. The molecular weight excluding hydrogens is 534 g/mol. The summed E-state index contributed by atoms with van der Waals surface area (Å²) in [5.74, 6) is -0.506. The number of nitrogens with one attached hydrogen (secondary N) is 1. The Labute approximate surface area is 236 Å². The number of sulfonamides is 1. The third kappa shape index (κ3) is 8.07. The number of aryl methyl sites for hydroxylation is 1. The number of rotatable bonds is 12. The lowest BCUT2D eigenvalue weighted by atomic mass is 10.1. The molecule has 0 radical (unpaired) electrons. The van der Waals surface area contributed by atoms with Crippen molar-refractivity contribution in [3.8, 4) is 0 Å². The van der Waals surface area contributed by atoms with Gasteiger partial charge in [0, 0.05) is 18.1 Å². The van der Waals surface area contributed by atoms with E-state index in [1.54, 1.807) is 30.3 Å². The second kappa shape index (κ2) is 13.6. The summed E-state index contributed by atoms with van der Waals surface area (Å²) in [6, 6.07) is 21.2. The standard InChI is InChI=1S/C30H36ClN3O4S/c1-5-28(30(36)32-19-22(2)3)33(20-24-11-9-10-23(4)18-24)29(35)21-34(26-12-7-6-8-13-26)39(37,38)27-16-14-25(31)15-17-27/h6-18,22,28H,5,19-21H2,1-4H3,(H,32,36).